The molecule has 1 aromatic heterocycles. The lowest BCUT2D eigenvalue weighted by atomic mass is 10.2. The second-order valence-electron chi connectivity index (χ2n) is 3.73. The molecule has 0 unspecified atom stereocenters. The van der Waals surface area contributed by atoms with Crippen LogP contribution in [-0.4, -0.2) is 19.0 Å². The average molecular weight is 375 g/mol. The van der Waals surface area contributed by atoms with E-state index in [-0.39, 0.29) is 5.91 Å². The van der Waals surface area contributed by atoms with Gasteiger partial charge in [0.15, 0.2) is 0 Å². The Morgan fingerprint density at radius 2 is 2.05 bits per heavy atom. The Balaban J connectivity index is 2.26. The van der Waals surface area contributed by atoms with Gasteiger partial charge < -0.3 is 10.1 Å². The molecule has 0 aliphatic rings. The molecule has 7 heteroatoms. The van der Waals surface area contributed by atoms with Crippen LogP contribution < -0.4 is 5.32 Å². The molecule has 0 fully saturated rings. The van der Waals surface area contributed by atoms with Gasteiger partial charge in [0.05, 0.1) is 23.3 Å². The van der Waals surface area contributed by atoms with E-state index >= 15 is 0 Å². The molecule has 1 heterocycles. The standard InChI is InChI=1S/C13H9BrClNO3S/c1-19-13(18)8-4-5-20-12(8)16-11(17)9-6-7(14)2-3-10(9)15/h2-6H,1H3,(H,16,17). The van der Waals surface area contributed by atoms with E-state index in [9.17, 15) is 9.59 Å². The lowest BCUT2D eigenvalue weighted by Crippen LogP contribution is -2.14. The van der Waals surface area contributed by atoms with E-state index in [0.29, 0.717) is 21.2 Å². The number of nitrogens with one attached hydrogen (secondary N) is 1. The van der Waals surface area contributed by atoms with Crippen LogP contribution in [0.1, 0.15) is 20.7 Å². The Hall–Kier alpha value is -1.37. The molecule has 1 amide bonds. The molecule has 20 heavy (non-hydrogen) atoms. The van der Waals surface area contributed by atoms with Gasteiger partial charge in [-0.25, -0.2) is 4.79 Å². The first-order valence-corrected chi connectivity index (χ1v) is 7.50. The molecule has 1 N–H and O–H groups in total. The maximum absolute atomic E-state index is 12.2. The van der Waals surface area contributed by atoms with Crippen LogP contribution in [0.15, 0.2) is 34.1 Å². The Morgan fingerprint density at radius 3 is 2.75 bits per heavy atom. The van der Waals surface area contributed by atoms with Gasteiger partial charge >= 0.3 is 5.97 Å². The van der Waals surface area contributed by atoms with E-state index in [2.05, 4.69) is 26.0 Å². The predicted molar refractivity (Wildman–Crippen MR) is 82.8 cm³/mol. The van der Waals surface area contributed by atoms with Crippen molar-refractivity contribution in [2.45, 2.75) is 0 Å². The van der Waals surface area contributed by atoms with E-state index in [4.69, 9.17) is 11.6 Å². The minimum absolute atomic E-state index is 0.317. The van der Waals surface area contributed by atoms with Crippen molar-refractivity contribution in [3.05, 3.63) is 50.3 Å². The summed E-state index contributed by atoms with van der Waals surface area (Å²) in [5.74, 6) is -0.884. The number of benzene rings is 1. The molecule has 0 saturated heterocycles. The zero-order valence-electron chi connectivity index (χ0n) is 10.3. The van der Waals surface area contributed by atoms with Crippen molar-refractivity contribution in [1.29, 1.82) is 0 Å². The minimum atomic E-state index is -0.498. The molecule has 1 aromatic carbocycles. The lowest BCUT2D eigenvalue weighted by Gasteiger charge is -2.07. The van der Waals surface area contributed by atoms with Crippen molar-refractivity contribution in [2.75, 3.05) is 12.4 Å². The normalized spacial score (nSPS) is 10.2. The Labute approximate surface area is 132 Å². The number of hydrogen-bond donors (Lipinski definition) is 1. The molecule has 0 atom stereocenters. The quantitative estimate of drug-likeness (QED) is 0.819. The smallest absolute Gasteiger partial charge is 0.340 e. The summed E-state index contributed by atoms with van der Waals surface area (Å²) in [6.45, 7) is 0. The van der Waals surface area contributed by atoms with Gasteiger partial charge in [0.1, 0.15) is 5.00 Å². The lowest BCUT2D eigenvalue weighted by molar-refractivity contribution is 0.0602. The highest BCUT2D eigenvalue weighted by molar-refractivity contribution is 9.10. The largest absolute Gasteiger partial charge is 0.465 e. The summed E-state index contributed by atoms with van der Waals surface area (Å²) < 4.78 is 5.39. The molecule has 4 nitrogen and oxygen atoms in total. The summed E-state index contributed by atoms with van der Waals surface area (Å²) >= 11 is 10.5. The third-order valence-corrected chi connectivity index (χ3v) is 4.12. The average Bonchev–Trinajstić information content (AvgIpc) is 2.88. The van der Waals surface area contributed by atoms with Gasteiger partial charge in [-0.3, -0.25) is 4.79 Å². The monoisotopic (exact) mass is 373 g/mol. The van der Waals surface area contributed by atoms with Crippen molar-refractivity contribution >= 4 is 55.7 Å². The number of hydrogen-bond acceptors (Lipinski definition) is 4. The molecular formula is C13H9BrClNO3S. The minimum Gasteiger partial charge on any atom is -0.465 e. The third kappa shape index (κ3) is 3.20. The van der Waals surface area contributed by atoms with Crippen LogP contribution in [-0.2, 0) is 4.74 Å². The van der Waals surface area contributed by atoms with Crippen LogP contribution in [0.5, 0.6) is 0 Å². The number of halogens is 2. The van der Waals surface area contributed by atoms with Gasteiger partial charge in [-0.2, -0.15) is 0 Å². The van der Waals surface area contributed by atoms with E-state index in [1.54, 1.807) is 29.6 Å². The molecule has 0 spiro atoms. The van der Waals surface area contributed by atoms with Crippen LogP contribution in [0.2, 0.25) is 5.02 Å². The van der Waals surface area contributed by atoms with E-state index in [1.807, 2.05) is 0 Å². The molecule has 0 saturated carbocycles. The second-order valence-corrected chi connectivity index (χ2v) is 5.97. The summed E-state index contributed by atoms with van der Waals surface area (Å²) in [5.41, 5.74) is 0.641. The van der Waals surface area contributed by atoms with Crippen LogP contribution in [0.4, 0.5) is 5.00 Å². The molecule has 0 radical (unpaired) electrons. The zero-order chi connectivity index (χ0) is 14.7. The Bertz CT molecular complexity index is 671. The van der Waals surface area contributed by atoms with E-state index < -0.39 is 5.97 Å². The highest BCUT2D eigenvalue weighted by Crippen LogP contribution is 2.27. The van der Waals surface area contributed by atoms with Gasteiger partial charge in [-0.15, -0.1) is 11.3 Å². The second kappa shape index (κ2) is 6.39. The maximum Gasteiger partial charge on any atom is 0.340 e. The van der Waals surface area contributed by atoms with Crippen molar-refractivity contribution in [3.8, 4) is 0 Å². The van der Waals surface area contributed by atoms with Crippen LogP contribution in [0.25, 0.3) is 0 Å². The summed E-state index contributed by atoms with van der Waals surface area (Å²) in [7, 11) is 1.29. The van der Waals surface area contributed by atoms with Crippen molar-refractivity contribution in [3.63, 3.8) is 0 Å². The number of amides is 1. The van der Waals surface area contributed by atoms with Crippen LogP contribution in [0, 0.1) is 0 Å². The number of carbonyl (C=O) groups excluding carboxylic acids is 2. The van der Waals surface area contributed by atoms with Gasteiger partial charge in [0, 0.05) is 4.47 Å². The number of methoxy groups -OCH3 is 1. The van der Waals surface area contributed by atoms with E-state index in [0.717, 1.165) is 4.47 Å². The number of anilines is 1. The van der Waals surface area contributed by atoms with Gasteiger partial charge in [-0.05, 0) is 29.6 Å². The highest BCUT2D eigenvalue weighted by atomic mass is 79.9. The Kier molecular flexibility index (Phi) is 4.80. The number of carbonyl (C=O) groups is 2. The first-order valence-electron chi connectivity index (χ1n) is 5.45. The zero-order valence-corrected chi connectivity index (χ0v) is 13.4. The first-order chi connectivity index (χ1) is 9.52. The molecule has 0 bridgehead atoms. The number of rotatable bonds is 3. The fourth-order valence-corrected chi connectivity index (χ4v) is 2.85. The summed E-state index contributed by atoms with van der Waals surface area (Å²) in [6.07, 6.45) is 0. The molecule has 104 valence electrons. The topological polar surface area (TPSA) is 55.4 Å². The molecular weight excluding hydrogens is 366 g/mol. The van der Waals surface area contributed by atoms with Crippen LogP contribution >= 0.6 is 38.9 Å². The number of esters is 1. The fraction of sp³-hybridized carbons (Fsp3) is 0.0769. The highest BCUT2D eigenvalue weighted by Gasteiger charge is 2.17. The number of ether oxygens (including phenoxy) is 1. The van der Waals surface area contributed by atoms with Crippen molar-refractivity contribution < 1.29 is 14.3 Å². The van der Waals surface area contributed by atoms with Gasteiger partial charge in [0.2, 0.25) is 0 Å². The summed E-state index contributed by atoms with van der Waals surface area (Å²) in [4.78, 5) is 23.7. The molecule has 2 aromatic rings. The van der Waals surface area contributed by atoms with Gasteiger partial charge in [-0.1, -0.05) is 27.5 Å². The SMILES string of the molecule is COC(=O)c1ccsc1NC(=O)c1cc(Br)ccc1Cl. The summed E-state index contributed by atoms with van der Waals surface area (Å²) in [6, 6.07) is 6.57. The fourth-order valence-electron chi connectivity index (χ4n) is 1.52. The van der Waals surface area contributed by atoms with Crippen molar-refractivity contribution in [2.24, 2.45) is 0 Å². The summed E-state index contributed by atoms with van der Waals surface area (Å²) in [5, 5.41) is 5.13. The number of thiophene rings is 1. The van der Waals surface area contributed by atoms with Crippen molar-refractivity contribution in [1.82, 2.24) is 0 Å². The molecule has 0 aliphatic heterocycles. The van der Waals surface area contributed by atoms with Crippen LogP contribution in [0.3, 0.4) is 0 Å². The third-order valence-electron chi connectivity index (χ3n) is 2.47. The molecule has 0 aliphatic carbocycles. The maximum atomic E-state index is 12.2. The Morgan fingerprint density at radius 1 is 1.30 bits per heavy atom. The first kappa shape index (κ1) is 15.0. The van der Waals surface area contributed by atoms with E-state index in [1.165, 1.54) is 18.4 Å². The van der Waals surface area contributed by atoms with Gasteiger partial charge in [0.25, 0.3) is 5.91 Å². The predicted octanol–water partition coefficient (Wildman–Crippen LogP) is 4.20. The molecule has 2 rings (SSSR count).